The minimum atomic E-state index is -1.06. The van der Waals surface area contributed by atoms with Crippen molar-refractivity contribution in [3.8, 4) is 5.69 Å². The predicted molar refractivity (Wildman–Crippen MR) is 58.8 cm³/mol. The van der Waals surface area contributed by atoms with Gasteiger partial charge in [-0.05, 0) is 19.1 Å². The van der Waals surface area contributed by atoms with E-state index in [0.29, 0.717) is 5.69 Å². The average molecular weight is 226 g/mol. The van der Waals surface area contributed by atoms with Crippen LogP contribution < -0.4 is 0 Å². The van der Waals surface area contributed by atoms with Crippen molar-refractivity contribution in [2.75, 3.05) is 0 Å². The first-order valence-corrected chi connectivity index (χ1v) is 4.41. The minimum Gasteiger partial charge on any atom is -0.476 e. The maximum absolute atomic E-state index is 10.8. The van der Waals surface area contributed by atoms with Crippen LogP contribution in [0.1, 0.15) is 16.2 Å². The van der Waals surface area contributed by atoms with Gasteiger partial charge in [0, 0.05) is 29.6 Å². The van der Waals surface area contributed by atoms with Crippen LogP contribution in [-0.4, -0.2) is 55.6 Å². The molecule has 0 aliphatic carbocycles. The molecule has 1 aromatic carbocycles. The summed E-state index contributed by atoms with van der Waals surface area (Å²) in [6.07, 6.45) is 0. The maximum Gasteiger partial charge on any atom is 0.358 e. The molecular weight excluding hydrogens is 217 g/mol. The van der Waals surface area contributed by atoms with Gasteiger partial charge in [-0.15, -0.1) is 5.10 Å². The van der Waals surface area contributed by atoms with E-state index in [9.17, 15) is 4.79 Å². The first-order valence-electron chi connectivity index (χ1n) is 4.41. The Morgan fingerprint density at radius 2 is 1.94 bits per heavy atom. The fourth-order valence-electron chi connectivity index (χ4n) is 1.34. The first kappa shape index (κ1) is 12.9. The van der Waals surface area contributed by atoms with E-state index in [-0.39, 0.29) is 35.3 Å². The van der Waals surface area contributed by atoms with Crippen molar-refractivity contribution in [2.45, 2.75) is 6.92 Å². The second-order valence-corrected chi connectivity index (χ2v) is 3.08. The van der Waals surface area contributed by atoms with E-state index in [1.807, 2.05) is 30.3 Å². The van der Waals surface area contributed by atoms with Crippen LogP contribution in [0, 0.1) is 6.92 Å². The third-order valence-corrected chi connectivity index (χ3v) is 2.10. The number of carboxylic acid groups (broad SMARTS) is 1. The van der Waals surface area contributed by atoms with Crippen molar-refractivity contribution < 1.29 is 9.90 Å². The molecule has 6 heteroatoms. The molecule has 2 aromatic rings. The van der Waals surface area contributed by atoms with Crippen LogP contribution in [0.5, 0.6) is 0 Å². The number of aromatic carboxylic acids is 1. The van der Waals surface area contributed by atoms with Gasteiger partial charge in [0.15, 0.2) is 5.69 Å². The molecule has 0 saturated carbocycles. The van der Waals surface area contributed by atoms with Gasteiger partial charge in [0.1, 0.15) is 0 Å². The van der Waals surface area contributed by atoms with Crippen LogP contribution in [0.3, 0.4) is 0 Å². The zero-order valence-electron chi connectivity index (χ0n) is 9.08. The number of hydrogen-bond donors (Lipinski definition) is 1. The molecule has 0 saturated heterocycles. The van der Waals surface area contributed by atoms with Crippen molar-refractivity contribution in [3.63, 3.8) is 0 Å². The normalized spacial score (nSPS) is 9.56. The van der Waals surface area contributed by atoms with E-state index < -0.39 is 5.97 Å². The van der Waals surface area contributed by atoms with E-state index in [1.165, 1.54) is 4.68 Å². The zero-order chi connectivity index (χ0) is 10.8. The monoisotopic (exact) mass is 226 g/mol. The molecule has 0 unspecified atom stereocenters. The second-order valence-electron chi connectivity index (χ2n) is 3.08. The standard InChI is InChI=1S/C10H9N3O2.Na/c1-7-9(10(14)15)11-12-13(7)8-5-3-2-4-6-8;/h2-6H,1H3,(H,14,15);. The second kappa shape index (κ2) is 5.25. The van der Waals surface area contributed by atoms with Crippen LogP contribution in [0.4, 0.5) is 0 Å². The molecule has 0 bridgehead atoms. The maximum atomic E-state index is 10.8. The summed E-state index contributed by atoms with van der Waals surface area (Å²) in [7, 11) is 0. The van der Waals surface area contributed by atoms with E-state index in [4.69, 9.17) is 5.11 Å². The van der Waals surface area contributed by atoms with Crippen molar-refractivity contribution in [2.24, 2.45) is 0 Å². The Kier molecular flexibility index (Phi) is 4.23. The average Bonchev–Trinajstić information content (AvgIpc) is 2.61. The topological polar surface area (TPSA) is 68.0 Å². The van der Waals surface area contributed by atoms with Gasteiger partial charge < -0.3 is 5.11 Å². The van der Waals surface area contributed by atoms with Crippen LogP contribution in [-0.2, 0) is 0 Å². The van der Waals surface area contributed by atoms with Crippen LogP contribution >= 0.6 is 0 Å². The number of carboxylic acids is 1. The summed E-state index contributed by atoms with van der Waals surface area (Å²) in [6, 6.07) is 9.28. The SMILES string of the molecule is Cc1c(C(=O)O)nnn1-c1ccccc1.[Na]. The molecule has 0 aliphatic rings. The summed E-state index contributed by atoms with van der Waals surface area (Å²) in [4.78, 5) is 10.8. The summed E-state index contributed by atoms with van der Waals surface area (Å²) in [6.45, 7) is 1.68. The summed E-state index contributed by atoms with van der Waals surface area (Å²) in [5.41, 5.74) is 1.31. The molecule has 5 nitrogen and oxygen atoms in total. The van der Waals surface area contributed by atoms with E-state index in [0.717, 1.165) is 5.69 Å². The third-order valence-electron chi connectivity index (χ3n) is 2.10. The number of para-hydroxylation sites is 1. The van der Waals surface area contributed by atoms with Gasteiger partial charge in [-0.2, -0.15) is 0 Å². The van der Waals surface area contributed by atoms with E-state index >= 15 is 0 Å². The van der Waals surface area contributed by atoms with Gasteiger partial charge >= 0.3 is 5.97 Å². The first-order chi connectivity index (χ1) is 7.20. The van der Waals surface area contributed by atoms with Gasteiger partial charge in [0.05, 0.1) is 11.4 Å². The Balaban J connectivity index is 0.00000128. The van der Waals surface area contributed by atoms with Gasteiger partial charge in [0.25, 0.3) is 0 Å². The Labute approximate surface area is 114 Å². The Morgan fingerprint density at radius 1 is 1.31 bits per heavy atom. The molecule has 0 amide bonds. The predicted octanol–water partition coefficient (Wildman–Crippen LogP) is 0.893. The minimum absolute atomic E-state index is 0. The number of carbonyl (C=O) groups is 1. The van der Waals surface area contributed by atoms with Crippen molar-refractivity contribution in [3.05, 3.63) is 41.7 Å². The Bertz CT molecular complexity index is 496. The summed E-state index contributed by atoms with van der Waals surface area (Å²) < 4.78 is 1.50. The molecule has 0 aliphatic heterocycles. The van der Waals surface area contributed by atoms with Crippen LogP contribution in [0.25, 0.3) is 5.69 Å². The quantitative estimate of drug-likeness (QED) is 0.772. The molecule has 77 valence electrons. The molecule has 16 heavy (non-hydrogen) atoms. The molecule has 1 N–H and O–H groups in total. The zero-order valence-corrected chi connectivity index (χ0v) is 11.1. The summed E-state index contributed by atoms with van der Waals surface area (Å²) in [5, 5.41) is 16.2. The van der Waals surface area contributed by atoms with Gasteiger partial charge in [-0.3, -0.25) is 0 Å². The van der Waals surface area contributed by atoms with Gasteiger partial charge in [-0.1, -0.05) is 23.4 Å². The third kappa shape index (κ3) is 2.32. The van der Waals surface area contributed by atoms with E-state index in [2.05, 4.69) is 10.3 Å². The number of nitrogens with zero attached hydrogens (tertiary/aromatic N) is 3. The molecule has 2 rings (SSSR count). The van der Waals surface area contributed by atoms with Crippen LogP contribution in [0.15, 0.2) is 30.3 Å². The molecule has 0 spiro atoms. The summed E-state index contributed by atoms with van der Waals surface area (Å²) >= 11 is 0. The molecule has 1 aromatic heterocycles. The Hall–Kier alpha value is -1.17. The van der Waals surface area contributed by atoms with Crippen molar-refractivity contribution in [1.29, 1.82) is 0 Å². The van der Waals surface area contributed by atoms with Crippen LogP contribution in [0.2, 0.25) is 0 Å². The fourth-order valence-corrected chi connectivity index (χ4v) is 1.34. The fraction of sp³-hybridized carbons (Fsp3) is 0.100. The molecule has 1 heterocycles. The number of hydrogen-bond acceptors (Lipinski definition) is 3. The number of benzene rings is 1. The van der Waals surface area contributed by atoms with E-state index in [1.54, 1.807) is 6.92 Å². The smallest absolute Gasteiger partial charge is 0.358 e. The largest absolute Gasteiger partial charge is 0.476 e. The number of aromatic nitrogens is 3. The van der Waals surface area contributed by atoms with Crippen molar-refractivity contribution in [1.82, 2.24) is 15.0 Å². The van der Waals surface area contributed by atoms with Gasteiger partial charge in [-0.25, -0.2) is 9.48 Å². The number of rotatable bonds is 2. The molecule has 0 atom stereocenters. The summed E-state index contributed by atoms with van der Waals surface area (Å²) in [5.74, 6) is -1.06. The molecular formula is C10H9N3NaO2. The molecule has 1 radical (unpaired) electrons. The Morgan fingerprint density at radius 3 is 2.44 bits per heavy atom. The molecule has 0 fully saturated rings. The van der Waals surface area contributed by atoms with Gasteiger partial charge in [0.2, 0.25) is 0 Å². The van der Waals surface area contributed by atoms with Crippen molar-refractivity contribution >= 4 is 35.5 Å².